The molecule has 2 aliphatic carbocycles. The van der Waals surface area contributed by atoms with E-state index in [0.717, 1.165) is 31.2 Å². The van der Waals surface area contributed by atoms with Crippen LogP contribution >= 0.6 is 11.6 Å². The number of rotatable bonds is 5. The lowest BCUT2D eigenvalue weighted by Crippen LogP contribution is -2.18. The highest BCUT2D eigenvalue weighted by molar-refractivity contribution is 7.89. The van der Waals surface area contributed by atoms with E-state index < -0.39 is 10.0 Å². The average Bonchev–Trinajstić information content (AvgIpc) is 3.05. The predicted molar refractivity (Wildman–Crippen MR) is 112 cm³/mol. The molecule has 4 rings (SSSR count). The molecular weight excluding hydrogens is 412 g/mol. The van der Waals surface area contributed by atoms with Crippen molar-refractivity contribution in [2.75, 3.05) is 12.4 Å². The Morgan fingerprint density at radius 3 is 2.41 bits per heavy atom. The molecule has 2 atom stereocenters. The van der Waals surface area contributed by atoms with Crippen molar-refractivity contribution in [3.8, 4) is 5.75 Å². The lowest BCUT2D eigenvalue weighted by atomic mass is 9.97. The van der Waals surface area contributed by atoms with Crippen LogP contribution in [0.1, 0.15) is 37.2 Å². The molecule has 1 spiro atoms. The minimum Gasteiger partial charge on any atom is -0.495 e. The van der Waals surface area contributed by atoms with Crippen LogP contribution in [0.15, 0.2) is 47.4 Å². The number of halogens is 1. The Bertz CT molecular complexity index is 1050. The SMILES string of the molecule is COc1ccc(Cl)cc1NC(=O)C1C(c2ccc(S(N)(=O)=O)cc2)C12CCCC2. The number of hydrogen-bond acceptors (Lipinski definition) is 4. The first-order valence-electron chi connectivity index (χ1n) is 9.53. The fraction of sp³-hybridized carbons (Fsp3) is 0.381. The zero-order chi connectivity index (χ0) is 20.8. The fourth-order valence-corrected chi connectivity index (χ4v) is 5.62. The van der Waals surface area contributed by atoms with Gasteiger partial charge in [-0.15, -0.1) is 0 Å². The second-order valence-corrected chi connectivity index (χ2v) is 9.84. The zero-order valence-corrected chi connectivity index (χ0v) is 17.6. The van der Waals surface area contributed by atoms with Crippen molar-refractivity contribution in [1.29, 1.82) is 0 Å². The number of anilines is 1. The molecule has 1 amide bonds. The largest absolute Gasteiger partial charge is 0.495 e. The van der Waals surface area contributed by atoms with Crippen LogP contribution in [-0.4, -0.2) is 21.4 Å². The summed E-state index contributed by atoms with van der Waals surface area (Å²) in [5, 5.41) is 8.70. The van der Waals surface area contributed by atoms with Crippen LogP contribution in [0.25, 0.3) is 0 Å². The van der Waals surface area contributed by atoms with E-state index in [-0.39, 0.29) is 28.1 Å². The van der Waals surface area contributed by atoms with Gasteiger partial charge in [-0.1, -0.05) is 36.6 Å². The molecule has 6 nitrogen and oxygen atoms in total. The molecule has 0 heterocycles. The van der Waals surface area contributed by atoms with Crippen molar-refractivity contribution in [1.82, 2.24) is 0 Å². The van der Waals surface area contributed by atoms with E-state index in [1.165, 1.54) is 12.1 Å². The third-order valence-electron chi connectivity index (χ3n) is 6.27. The minimum atomic E-state index is -3.74. The maximum absolute atomic E-state index is 13.2. The molecule has 0 aromatic heterocycles. The quantitative estimate of drug-likeness (QED) is 0.745. The Morgan fingerprint density at radius 1 is 1.17 bits per heavy atom. The van der Waals surface area contributed by atoms with Crippen LogP contribution in [0, 0.1) is 11.3 Å². The summed E-state index contributed by atoms with van der Waals surface area (Å²) in [7, 11) is -2.19. The number of nitrogens with one attached hydrogen (secondary N) is 1. The van der Waals surface area contributed by atoms with Crippen molar-refractivity contribution in [2.45, 2.75) is 36.5 Å². The monoisotopic (exact) mass is 434 g/mol. The van der Waals surface area contributed by atoms with Crippen LogP contribution in [0.2, 0.25) is 5.02 Å². The number of primary sulfonamides is 1. The molecule has 29 heavy (non-hydrogen) atoms. The molecule has 154 valence electrons. The number of amides is 1. The molecular formula is C21H23ClN2O4S. The topological polar surface area (TPSA) is 98.5 Å². The molecule has 2 fully saturated rings. The van der Waals surface area contributed by atoms with Crippen molar-refractivity contribution in [3.05, 3.63) is 53.1 Å². The van der Waals surface area contributed by atoms with Gasteiger partial charge in [0.05, 0.1) is 23.6 Å². The number of methoxy groups -OCH3 is 1. The number of nitrogens with two attached hydrogens (primary N) is 1. The Hall–Kier alpha value is -2.09. The van der Waals surface area contributed by atoms with E-state index in [2.05, 4.69) is 5.32 Å². The highest BCUT2D eigenvalue weighted by Gasteiger charge is 2.68. The van der Waals surface area contributed by atoms with E-state index in [1.807, 2.05) is 0 Å². The third-order valence-corrected chi connectivity index (χ3v) is 7.43. The van der Waals surface area contributed by atoms with Crippen LogP contribution in [0.3, 0.4) is 0 Å². The van der Waals surface area contributed by atoms with Gasteiger partial charge in [0.15, 0.2) is 0 Å². The van der Waals surface area contributed by atoms with Crippen LogP contribution in [-0.2, 0) is 14.8 Å². The molecule has 0 radical (unpaired) electrons. The van der Waals surface area contributed by atoms with Gasteiger partial charge in [-0.3, -0.25) is 4.79 Å². The number of carbonyl (C=O) groups is 1. The Morgan fingerprint density at radius 2 is 1.83 bits per heavy atom. The highest BCUT2D eigenvalue weighted by Crippen LogP contribution is 2.72. The fourth-order valence-electron chi connectivity index (χ4n) is 4.94. The third kappa shape index (κ3) is 3.63. The zero-order valence-electron chi connectivity index (χ0n) is 16.0. The standard InChI is InChI=1S/C21H23ClN2O4S/c1-28-17-9-6-14(22)12-16(17)24-20(25)19-18(21(19)10-2-3-11-21)13-4-7-15(8-5-13)29(23,26)27/h4-9,12,18-19H,2-3,10-11H2,1H3,(H,24,25)(H2,23,26,27). The Labute approximate surface area is 175 Å². The molecule has 2 aromatic carbocycles. The molecule has 2 aliphatic rings. The summed E-state index contributed by atoms with van der Waals surface area (Å²) in [5.74, 6) is 0.379. The minimum absolute atomic E-state index is 0.0599. The summed E-state index contributed by atoms with van der Waals surface area (Å²) < 4.78 is 28.4. The molecule has 2 aromatic rings. The van der Waals surface area contributed by atoms with Gasteiger partial charge in [0.2, 0.25) is 15.9 Å². The van der Waals surface area contributed by atoms with Gasteiger partial charge in [0.25, 0.3) is 0 Å². The summed E-state index contributed by atoms with van der Waals surface area (Å²) in [6, 6.07) is 11.7. The summed E-state index contributed by atoms with van der Waals surface area (Å²) in [6.45, 7) is 0. The molecule has 0 aliphatic heterocycles. The van der Waals surface area contributed by atoms with Crippen LogP contribution < -0.4 is 15.2 Å². The molecule has 0 saturated heterocycles. The number of benzene rings is 2. The summed E-state index contributed by atoms with van der Waals surface area (Å²) >= 11 is 6.08. The highest BCUT2D eigenvalue weighted by atomic mass is 35.5. The average molecular weight is 435 g/mol. The van der Waals surface area contributed by atoms with Crippen molar-refractivity contribution >= 4 is 33.2 Å². The molecule has 3 N–H and O–H groups in total. The van der Waals surface area contributed by atoms with Gasteiger partial charge >= 0.3 is 0 Å². The van der Waals surface area contributed by atoms with Crippen molar-refractivity contribution < 1.29 is 17.9 Å². The Balaban J connectivity index is 1.61. The number of hydrogen-bond donors (Lipinski definition) is 2. The van der Waals surface area contributed by atoms with Crippen molar-refractivity contribution in [3.63, 3.8) is 0 Å². The van der Waals surface area contributed by atoms with Gasteiger partial charge in [-0.05, 0) is 54.2 Å². The van der Waals surface area contributed by atoms with E-state index in [1.54, 1.807) is 37.4 Å². The normalized spacial score (nSPS) is 22.4. The van der Waals surface area contributed by atoms with E-state index in [0.29, 0.717) is 16.5 Å². The van der Waals surface area contributed by atoms with Crippen LogP contribution in [0.5, 0.6) is 5.75 Å². The first-order chi connectivity index (χ1) is 13.8. The molecule has 8 heteroatoms. The van der Waals surface area contributed by atoms with Gasteiger partial charge in [-0.25, -0.2) is 13.6 Å². The molecule has 2 unspecified atom stereocenters. The van der Waals surface area contributed by atoms with E-state index in [4.69, 9.17) is 21.5 Å². The van der Waals surface area contributed by atoms with E-state index >= 15 is 0 Å². The Kier molecular flexibility index (Phi) is 5.09. The second-order valence-electron chi connectivity index (χ2n) is 7.84. The van der Waals surface area contributed by atoms with Gasteiger partial charge in [0, 0.05) is 10.9 Å². The van der Waals surface area contributed by atoms with Gasteiger partial charge in [-0.2, -0.15) is 0 Å². The lowest BCUT2D eigenvalue weighted by Gasteiger charge is -2.12. The lowest BCUT2D eigenvalue weighted by molar-refractivity contribution is -0.118. The van der Waals surface area contributed by atoms with E-state index in [9.17, 15) is 13.2 Å². The summed E-state index contributed by atoms with van der Waals surface area (Å²) in [5.41, 5.74) is 1.45. The summed E-state index contributed by atoms with van der Waals surface area (Å²) in [6.07, 6.45) is 4.16. The number of sulfonamides is 1. The molecule has 0 bridgehead atoms. The van der Waals surface area contributed by atoms with Crippen molar-refractivity contribution in [2.24, 2.45) is 16.5 Å². The maximum atomic E-state index is 13.2. The molecule has 2 saturated carbocycles. The maximum Gasteiger partial charge on any atom is 0.238 e. The van der Waals surface area contributed by atoms with Crippen LogP contribution in [0.4, 0.5) is 5.69 Å². The van der Waals surface area contributed by atoms with Gasteiger partial charge < -0.3 is 10.1 Å². The first-order valence-corrected chi connectivity index (χ1v) is 11.5. The first kappa shape index (κ1) is 20.2. The number of carbonyl (C=O) groups excluding carboxylic acids is 1. The summed E-state index contributed by atoms with van der Waals surface area (Å²) in [4.78, 5) is 13.3. The van der Waals surface area contributed by atoms with Gasteiger partial charge in [0.1, 0.15) is 5.75 Å². The predicted octanol–water partition coefficient (Wildman–Crippen LogP) is 3.91. The second kappa shape index (κ2) is 7.31. The number of ether oxygens (including phenoxy) is 1. The smallest absolute Gasteiger partial charge is 0.238 e.